The van der Waals surface area contributed by atoms with Crippen molar-refractivity contribution in [3.05, 3.63) is 0 Å². The molecule has 11 heteroatoms. The summed E-state index contributed by atoms with van der Waals surface area (Å²) in [6.45, 7) is 3.52. The van der Waals surface area contributed by atoms with Crippen LogP contribution in [0.4, 0.5) is 8.78 Å². The summed E-state index contributed by atoms with van der Waals surface area (Å²) in [5.74, 6) is -6.14. The fraction of sp³-hybridized carbons (Fsp3) is 0.750. The first kappa shape index (κ1) is 26.4. The Labute approximate surface area is 178 Å². The molecule has 31 heavy (non-hydrogen) atoms. The smallest absolute Gasteiger partial charge is 0.374 e. The van der Waals surface area contributed by atoms with Crippen molar-refractivity contribution in [3.63, 3.8) is 0 Å². The second-order valence-corrected chi connectivity index (χ2v) is 8.56. The van der Waals surface area contributed by atoms with Gasteiger partial charge in [0.25, 0.3) is 5.78 Å². The molecule has 176 valence electrons. The molecule has 4 N–H and O–H groups in total. The normalized spacial score (nSPS) is 17.2. The third-order valence-corrected chi connectivity index (χ3v) is 5.34. The quantitative estimate of drug-likeness (QED) is 0.313. The van der Waals surface area contributed by atoms with Gasteiger partial charge in [-0.25, -0.2) is 13.6 Å². The predicted octanol–water partition coefficient (Wildman–Crippen LogP) is 1.74. The van der Waals surface area contributed by atoms with Crippen LogP contribution in [0.2, 0.25) is 0 Å². The first-order valence-electron chi connectivity index (χ1n) is 10.2. The number of aliphatic carboxylic acids is 2. The Morgan fingerprint density at radius 1 is 0.903 bits per heavy atom. The van der Waals surface area contributed by atoms with E-state index in [1.54, 1.807) is 13.8 Å². The molecule has 1 fully saturated rings. The zero-order chi connectivity index (χ0) is 23.8. The van der Waals surface area contributed by atoms with E-state index < -0.39 is 59.9 Å². The standard InChI is InChI=1S/C20H30F2N2O7/c1-11(2)7-13(18(29)24-12(8-14(21)22)17(28)19(30)31)23-15(25)9-20(10-16(26)27)5-3-4-6-20/h11-14H,3-10H2,1-2H3,(H,23,25)(H,24,29)(H,26,27)(H,30,31)/t12?,13-/m0/s1. The van der Waals surface area contributed by atoms with E-state index in [1.807, 2.05) is 5.32 Å². The minimum Gasteiger partial charge on any atom is -0.481 e. The molecule has 1 aliphatic carbocycles. The number of carboxylic acids is 2. The van der Waals surface area contributed by atoms with Crippen LogP contribution in [0.25, 0.3) is 0 Å². The van der Waals surface area contributed by atoms with E-state index in [0.29, 0.717) is 12.8 Å². The number of alkyl halides is 2. The molecule has 2 amide bonds. The van der Waals surface area contributed by atoms with Crippen LogP contribution in [-0.4, -0.2) is 58.3 Å². The summed E-state index contributed by atoms with van der Waals surface area (Å²) in [5.41, 5.74) is -0.702. The van der Waals surface area contributed by atoms with E-state index in [9.17, 15) is 37.9 Å². The molecule has 0 aromatic rings. The highest BCUT2D eigenvalue weighted by atomic mass is 19.3. The summed E-state index contributed by atoms with van der Waals surface area (Å²) in [6.07, 6.45) is -1.63. The molecule has 2 atom stereocenters. The van der Waals surface area contributed by atoms with Crippen LogP contribution in [0.3, 0.4) is 0 Å². The minimum atomic E-state index is -3.02. The summed E-state index contributed by atoms with van der Waals surface area (Å²) < 4.78 is 25.5. The van der Waals surface area contributed by atoms with Gasteiger partial charge in [-0.1, -0.05) is 26.7 Å². The van der Waals surface area contributed by atoms with Gasteiger partial charge in [-0.15, -0.1) is 0 Å². The molecule has 0 aromatic carbocycles. The van der Waals surface area contributed by atoms with Gasteiger partial charge in [0.15, 0.2) is 0 Å². The van der Waals surface area contributed by atoms with E-state index in [2.05, 4.69) is 5.32 Å². The largest absolute Gasteiger partial charge is 0.481 e. The highest BCUT2D eigenvalue weighted by molar-refractivity contribution is 6.35. The lowest BCUT2D eigenvalue weighted by molar-refractivity contribution is -0.151. The molecular weight excluding hydrogens is 418 g/mol. The number of carboxylic acid groups (broad SMARTS) is 2. The maximum absolute atomic E-state index is 12.7. The fourth-order valence-electron chi connectivity index (χ4n) is 3.98. The van der Waals surface area contributed by atoms with Gasteiger partial charge in [-0.05, 0) is 30.6 Å². The summed E-state index contributed by atoms with van der Waals surface area (Å²) in [4.78, 5) is 59.0. The van der Waals surface area contributed by atoms with Gasteiger partial charge in [0.1, 0.15) is 12.1 Å². The number of amides is 2. The molecular formula is C20H30F2N2O7. The van der Waals surface area contributed by atoms with Crippen molar-refractivity contribution in [2.45, 2.75) is 83.7 Å². The topological polar surface area (TPSA) is 150 Å². The van der Waals surface area contributed by atoms with Crippen LogP contribution >= 0.6 is 0 Å². The number of rotatable bonds is 13. The second kappa shape index (κ2) is 11.7. The van der Waals surface area contributed by atoms with Crippen molar-refractivity contribution in [2.24, 2.45) is 11.3 Å². The number of nitrogens with one attached hydrogen (secondary N) is 2. The van der Waals surface area contributed by atoms with Crippen LogP contribution in [-0.2, 0) is 24.0 Å². The van der Waals surface area contributed by atoms with Crippen molar-refractivity contribution in [2.75, 3.05) is 0 Å². The van der Waals surface area contributed by atoms with Gasteiger partial charge < -0.3 is 20.8 Å². The first-order chi connectivity index (χ1) is 14.3. The summed E-state index contributed by atoms with van der Waals surface area (Å²) >= 11 is 0. The summed E-state index contributed by atoms with van der Waals surface area (Å²) in [5, 5.41) is 22.5. The van der Waals surface area contributed by atoms with Crippen LogP contribution in [0, 0.1) is 11.3 Å². The number of hydrogen-bond donors (Lipinski definition) is 4. The molecule has 0 spiro atoms. The van der Waals surface area contributed by atoms with Crippen LogP contribution in [0.5, 0.6) is 0 Å². The number of ketones is 1. The highest BCUT2D eigenvalue weighted by Crippen LogP contribution is 2.44. The van der Waals surface area contributed by atoms with Gasteiger partial charge in [-0.3, -0.25) is 19.2 Å². The third-order valence-electron chi connectivity index (χ3n) is 5.34. The number of Topliss-reactive ketones (excluding diaryl/α,β-unsaturated/α-hetero) is 1. The van der Waals surface area contributed by atoms with E-state index in [0.717, 1.165) is 12.8 Å². The summed E-state index contributed by atoms with van der Waals surface area (Å²) in [6, 6.07) is -3.11. The minimum absolute atomic E-state index is 0.0979. The van der Waals surface area contributed by atoms with Crippen molar-refractivity contribution >= 4 is 29.5 Å². The molecule has 0 heterocycles. The van der Waals surface area contributed by atoms with Crippen molar-refractivity contribution in [1.82, 2.24) is 10.6 Å². The first-order valence-corrected chi connectivity index (χ1v) is 10.2. The lowest BCUT2D eigenvalue weighted by Crippen LogP contribution is -2.53. The zero-order valence-corrected chi connectivity index (χ0v) is 17.7. The lowest BCUT2D eigenvalue weighted by atomic mass is 9.79. The number of halogens is 2. The van der Waals surface area contributed by atoms with Crippen molar-refractivity contribution in [1.29, 1.82) is 0 Å². The second-order valence-electron chi connectivity index (χ2n) is 8.56. The Balaban J connectivity index is 2.91. The molecule has 0 saturated heterocycles. The van der Waals surface area contributed by atoms with Gasteiger partial charge in [-0.2, -0.15) is 0 Å². The van der Waals surface area contributed by atoms with E-state index in [-0.39, 0.29) is 25.2 Å². The van der Waals surface area contributed by atoms with Gasteiger partial charge in [0.05, 0.1) is 6.42 Å². The molecule has 0 aromatic heterocycles. The van der Waals surface area contributed by atoms with Crippen LogP contribution in [0.15, 0.2) is 0 Å². The molecule has 9 nitrogen and oxygen atoms in total. The predicted molar refractivity (Wildman–Crippen MR) is 104 cm³/mol. The number of hydrogen-bond acceptors (Lipinski definition) is 5. The van der Waals surface area contributed by atoms with Gasteiger partial charge in [0.2, 0.25) is 18.2 Å². The molecule has 1 rings (SSSR count). The molecule has 1 saturated carbocycles. The molecule has 0 aliphatic heterocycles. The number of carbonyl (C=O) groups is 5. The Kier molecular flexibility index (Phi) is 9.99. The highest BCUT2D eigenvalue weighted by Gasteiger charge is 2.39. The summed E-state index contributed by atoms with van der Waals surface area (Å²) in [7, 11) is 0. The molecule has 1 unspecified atom stereocenters. The van der Waals surface area contributed by atoms with E-state index in [1.165, 1.54) is 0 Å². The Morgan fingerprint density at radius 2 is 1.48 bits per heavy atom. The number of carbonyl (C=O) groups excluding carboxylic acids is 3. The molecule has 0 bridgehead atoms. The fourth-order valence-corrected chi connectivity index (χ4v) is 3.98. The van der Waals surface area contributed by atoms with Crippen LogP contribution in [0.1, 0.15) is 65.2 Å². The van der Waals surface area contributed by atoms with Crippen molar-refractivity contribution < 1.29 is 43.0 Å². The lowest BCUT2D eigenvalue weighted by Gasteiger charge is -2.28. The zero-order valence-electron chi connectivity index (χ0n) is 17.7. The molecule has 0 radical (unpaired) electrons. The van der Waals surface area contributed by atoms with Crippen LogP contribution < -0.4 is 10.6 Å². The maximum Gasteiger partial charge on any atom is 0.374 e. The van der Waals surface area contributed by atoms with Gasteiger partial charge >= 0.3 is 11.9 Å². The monoisotopic (exact) mass is 448 g/mol. The Hall–Kier alpha value is -2.59. The SMILES string of the molecule is CC(C)C[C@H](NC(=O)CC1(CC(=O)O)CCCC1)C(=O)NC(CC(F)F)C(=O)C(=O)O. The molecule has 1 aliphatic rings. The third kappa shape index (κ3) is 8.97. The average Bonchev–Trinajstić information content (AvgIpc) is 3.05. The maximum atomic E-state index is 12.7. The average molecular weight is 448 g/mol. The van der Waals surface area contributed by atoms with E-state index in [4.69, 9.17) is 5.11 Å². The van der Waals surface area contributed by atoms with Crippen molar-refractivity contribution in [3.8, 4) is 0 Å². The van der Waals surface area contributed by atoms with E-state index >= 15 is 0 Å². The van der Waals surface area contributed by atoms with Gasteiger partial charge in [0, 0.05) is 12.8 Å². The Morgan fingerprint density at radius 3 is 1.94 bits per heavy atom. The Bertz CT molecular complexity index is 691.